The molecule has 0 aliphatic rings. The zero-order chi connectivity index (χ0) is 16.2. The topological polar surface area (TPSA) is 46.9 Å². The number of benzene rings is 2. The molecule has 1 N–H and O–H groups in total. The molecule has 0 atom stereocenters. The number of rotatable bonds is 4. The van der Waals surface area contributed by atoms with E-state index >= 15 is 0 Å². The molecule has 0 aliphatic carbocycles. The molecule has 0 radical (unpaired) electrons. The van der Waals surface area contributed by atoms with E-state index in [0.29, 0.717) is 5.69 Å². The second kappa shape index (κ2) is 6.62. The lowest BCUT2D eigenvalue weighted by Gasteiger charge is -2.08. The van der Waals surface area contributed by atoms with Crippen LogP contribution in [0.3, 0.4) is 0 Å². The van der Waals surface area contributed by atoms with E-state index in [-0.39, 0.29) is 22.9 Å². The molecule has 0 saturated heterocycles. The number of nitrogens with zero attached hydrogens (tertiary/aromatic N) is 2. The van der Waals surface area contributed by atoms with Crippen LogP contribution in [0.1, 0.15) is 5.56 Å². The lowest BCUT2D eigenvalue weighted by Crippen LogP contribution is -2.15. The molecule has 0 fully saturated rings. The van der Waals surface area contributed by atoms with Gasteiger partial charge in [0.15, 0.2) is 0 Å². The number of carbonyl (C=O) groups excluding carboxylic acids is 1. The number of anilines is 1. The summed E-state index contributed by atoms with van der Waals surface area (Å²) in [6.45, 7) is 0. The van der Waals surface area contributed by atoms with Gasteiger partial charge in [-0.15, -0.1) is 0 Å². The van der Waals surface area contributed by atoms with E-state index in [2.05, 4.69) is 10.3 Å². The average Bonchev–Trinajstić information content (AvgIpc) is 3.06. The van der Waals surface area contributed by atoms with Gasteiger partial charge in [0.2, 0.25) is 5.91 Å². The SMILES string of the molecule is O=C(Cc1c(F)cccc1Cl)Nc1ccc(-n2ccnc2)cc1. The minimum absolute atomic E-state index is 0.116. The molecule has 116 valence electrons. The fraction of sp³-hybridized carbons (Fsp3) is 0.0588. The van der Waals surface area contributed by atoms with Gasteiger partial charge in [-0.25, -0.2) is 9.37 Å². The van der Waals surface area contributed by atoms with Gasteiger partial charge >= 0.3 is 0 Å². The minimum Gasteiger partial charge on any atom is -0.326 e. The Morgan fingerprint density at radius 1 is 1.22 bits per heavy atom. The van der Waals surface area contributed by atoms with E-state index in [1.807, 2.05) is 22.9 Å². The molecule has 0 spiro atoms. The van der Waals surface area contributed by atoms with Crippen molar-refractivity contribution in [1.82, 2.24) is 9.55 Å². The summed E-state index contributed by atoms with van der Waals surface area (Å²) in [6, 6.07) is 11.6. The van der Waals surface area contributed by atoms with E-state index < -0.39 is 5.82 Å². The Labute approximate surface area is 137 Å². The lowest BCUT2D eigenvalue weighted by molar-refractivity contribution is -0.115. The first-order valence-corrected chi connectivity index (χ1v) is 7.32. The maximum atomic E-state index is 13.7. The fourth-order valence-electron chi connectivity index (χ4n) is 2.20. The number of hydrogen-bond donors (Lipinski definition) is 1. The first-order valence-electron chi connectivity index (χ1n) is 6.94. The lowest BCUT2D eigenvalue weighted by atomic mass is 10.1. The van der Waals surface area contributed by atoms with Crippen LogP contribution in [0.4, 0.5) is 10.1 Å². The largest absolute Gasteiger partial charge is 0.326 e. The van der Waals surface area contributed by atoms with Gasteiger partial charge in [0.1, 0.15) is 5.82 Å². The maximum absolute atomic E-state index is 13.7. The molecule has 23 heavy (non-hydrogen) atoms. The van der Waals surface area contributed by atoms with Crippen molar-refractivity contribution in [2.24, 2.45) is 0 Å². The highest BCUT2D eigenvalue weighted by Gasteiger charge is 2.12. The zero-order valence-electron chi connectivity index (χ0n) is 12.0. The van der Waals surface area contributed by atoms with E-state index in [1.54, 1.807) is 30.7 Å². The smallest absolute Gasteiger partial charge is 0.228 e. The second-order valence-corrected chi connectivity index (χ2v) is 5.35. The molecule has 1 aromatic heterocycles. The van der Waals surface area contributed by atoms with Gasteiger partial charge in [0.05, 0.1) is 12.7 Å². The van der Waals surface area contributed by atoms with E-state index in [1.165, 1.54) is 12.1 Å². The van der Waals surface area contributed by atoms with Crippen molar-refractivity contribution in [3.8, 4) is 5.69 Å². The van der Waals surface area contributed by atoms with Crippen LogP contribution in [-0.4, -0.2) is 15.5 Å². The molecule has 3 aromatic rings. The van der Waals surface area contributed by atoms with Crippen LogP contribution in [0.5, 0.6) is 0 Å². The van der Waals surface area contributed by atoms with Gasteiger partial charge in [-0.2, -0.15) is 0 Å². The van der Waals surface area contributed by atoms with Crippen LogP contribution < -0.4 is 5.32 Å². The third-order valence-corrected chi connectivity index (χ3v) is 3.71. The molecule has 1 amide bonds. The van der Waals surface area contributed by atoms with Gasteiger partial charge in [0.25, 0.3) is 0 Å². The summed E-state index contributed by atoms with van der Waals surface area (Å²) in [5.41, 5.74) is 1.76. The van der Waals surface area contributed by atoms with E-state index in [0.717, 1.165) is 5.69 Å². The third kappa shape index (κ3) is 3.57. The van der Waals surface area contributed by atoms with Gasteiger partial charge in [-0.1, -0.05) is 17.7 Å². The molecule has 2 aromatic carbocycles. The van der Waals surface area contributed by atoms with Gasteiger partial charge in [0, 0.05) is 34.4 Å². The molecule has 0 bridgehead atoms. The Balaban J connectivity index is 1.68. The molecule has 6 heteroatoms. The normalized spacial score (nSPS) is 10.5. The Morgan fingerprint density at radius 2 is 2.00 bits per heavy atom. The summed E-state index contributed by atoms with van der Waals surface area (Å²) >= 11 is 5.93. The van der Waals surface area contributed by atoms with Crippen molar-refractivity contribution in [2.75, 3.05) is 5.32 Å². The van der Waals surface area contributed by atoms with E-state index in [4.69, 9.17) is 11.6 Å². The maximum Gasteiger partial charge on any atom is 0.228 e. The Morgan fingerprint density at radius 3 is 2.65 bits per heavy atom. The molecular weight excluding hydrogens is 317 g/mol. The summed E-state index contributed by atoms with van der Waals surface area (Å²) in [5.74, 6) is -0.810. The van der Waals surface area contributed by atoms with Crippen molar-refractivity contribution in [3.63, 3.8) is 0 Å². The summed E-state index contributed by atoms with van der Waals surface area (Å²) < 4.78 is 15.5. The quantitative estimate of drug-likeness (QED) is 0.790. The summed E-state index contributed by atoms with van der Waals surface area (Å²) in [4.78, 5) is 16.0. The summed E-state index contributed by atoms with van der Waals surface area (Å²) in [6.07, 6.45) is 5.09. The standard InChI is InChI=1S/C17H13ClFN3O/c18-15-2-1-3-16(19)14(15)10-17(23)21-12-4-6-13(7-5-12)22-9-8-20-11-22/h1-9,11H,10H2,(H,21,23). The van der Waals surface area contributed by atoms with Crippen molar-refractivity contribution in [1.29, 1.82) is 0 Å². The number of hydrogen-bond acceptors (Lipinski definition) is 2. The van der Waals surface area contributed by atoms with Crippen LogP contribution in [-0.2, 0) is 11.2 Å². The van der Waals surface area contributed by atoms with Gasteiger partial charge in [-0.05, 0) is 36.4 Å². The van der Waals surface area contributed by atoms with Crippen molar-refractivity contribution >= 4 is 23.2 Å². The molecule has 0 unspecified atom stereocenters. The van der Waals surface area contributed by atoms with Crippen LogP contribution >= 0.6 is 11.6 Å². The van der Waals surface area contributed by atoms with Crippen LogP contribution in [0.25, 0.3) is 5.69 Å². The molecule has 4 nitrogen and oxygen atoms in total. The second-order valence-electron chi connectivity index (χ2n) is 4.94. The minimum atomic E-state index is -0.483. The third-order valence-electron chi connectivity index (χ3n) is 3.35. The highest BCUT2D eigenvalue weighted by Crippen LogP contribution is 2.20. The zero-order valence-corrected chi connectivity index (χ0v) is 12.8. The average molecular weight is 330 g/mol. The number of carbonyl (C=O) groups is 1. The summed E-state index contributed by atoms with van der Waals surface area (Å²) in [7, 11) is 0. The predicted molar refractivity (Wildman–Crippen MR) is 87.3 cm³/mol. The number of nitrogens with one attached hydrogen (secondary N) is 1. The molecule has 1 heterocycles. The highest BCUT2D eigenvalue weighted by atomic mass is 35.5. The molecule has 0 saturated carbocycles. The number of imidazole rings is 1. The van der Waals surface area contributed by atoms with Crippen molar-refractivity contribution < 1.29 is 9.18 Å². The number of amides is 1. The van der Waals surface area contributed by atoms with Crippen LogP contribution in [0.2, 0.25) is 5.02 Å². The Bertz CT molecular complexity index is 796. The molecular formula is C17H13ClFN3O. The Kier molecular flexibility index (Phi) is 4.39. The van der Waals surface area contributed by atoms with E-state index in [9.17, 15) is 9.18 Å². The van der Waals surface area contributed by atoms with Crippen LogP contribution in [0.15, 0.2) is 61.2 Å². The monoisotopic (exact) mass is 329 g/mol. The predicted octanol–water partition coefficient (Wildman–Crippen LogP) is 3.85. The molecule has 3 rings (SSSR count). The Hall–Kier alpha value is -2.66. The number of aromatic nitrogens is 2. The van der Waals surface area contributed by atoms with Crippen molar-refractivity contribution in [2.45, 2.75) is 6.42 Å². The van der Waals surface area contributed by atoms with Crippen LogP contribution in [0, 0.1) is 5.82 Å². The molecule has 0 aliphatic heterocycles. The number of halogens is 2. The highest BCUT2D eigenvalue weighted by molar-refractivity contribution is 6.31. The fourth-order valence-corrected chi connectivity index (χ4v) is 2.43. The first-order chi connectivity index (χ1) is 11.1. The first kappa shape index (κ1) is 15.2. The van der Waals surface area contributed by atoms with Gasteiger partial charge < -0.3 is 9.88 Å². The summed E-state index contributed by atoms with van der Waals surface area (Å²) in [5, 5.41) is 2.97. The van der Waals surface area contributed by atoms with Gasteiger partial charge in [-0.3, -0.25) is 4.79 Å². The van der Waals surface area contributed by atoms with Crippen molar-refractivity contribution in [3.05, 3.63) is 77.6 Å².